The molecule has 0 amide bonds. The van der Waals surface area contributed by atoms with Gasteiger partial charge in [0.2, 0.25) is 5.88 Å². The fraction of sp³-hybridized carbons (Fsp3) is 0.348. The Labute approximate surface area is 182 Å². The largest absolute Gasteiger partial charge is 0.475 e. The van der Waals surface area contributed by atoms with Crippen molar-refractivity contribution in [1.29, 1.82) is 0 Å². The molecule has 1 aliphatic rings. The summed E-state index contributed by atoms with van der Waals surface area (Å²) in [5.41, 5.74) is 4.84. The van der Waals surface area contributed by atoms with E-state index in [1.807, 2.05) is 22.9 Å². The smallest absolute Gasteiger partial charge is 0.233 e. The van der Waals surface area contributed by atoms with Crippen LogP contribution in [0.2, 0.25) is 10.0 Å². The molecule has 0 fully saturated rings. The Balaban J connectivity index is 1.42. The molecule has 0 radical (unpaired) electrons. The Morgan fingerprint density at radius 1 is 1.03 bits per heavy atom. The normalized spacial score (nSPS) is 14.2. The second kappa shape index (κ2) is 8.78. The first-order valence-electron chi connectivity index (χ1n) is 9.98. The third-order valence-electron chi connectivity index (χ3n) is 5.32. The molecule has 3 aromatic rings. The molecule has 2 aromatic carbocycles. The Hall–Kier alpha value is -2.01. The fourth-order valence-corrected chi connectivity index (χ4v) is 3.99. The van der Waals surface area contributed by atoms with E-state index in [0.29, 0.717) is 28.5 Å². The number of nitrogens with zero attached hydrogens (tertiary/aromatic N) is 3. The SMILES string of the molecule is CC(C)c1cc(OCCN2CCc3ccccc3C2)nn1-c1ccc(Cl)c(Cl)c1. The van der Waals surface area contributed by atoms with Gasteiger partial charge in [0, 0.05) is 25.7 Å². The maximum atomic E-state index is 6.20. The molecule has 0 aliphatic carbocycles. The van der Waals surface area contributed by atoms with Gasteiger partial charge >= 0.3 is 0 Å². The molecule has 1 aromatic heterocycles. The first-order valence-corrected chi connectivity index (χ1v) is 10.7. The van der Waals surface area contributed by atoms with E-state index in [4.69, 9.17) is 27.9 Å². The number of hydrogen-bond donors (Lipinski definition) is 0. The maximum Gasteiger partial charge on any atom is 0.233 e. The summed E-state index contributed by atoms with van der Waals surface area (Å²) >= 11 is 12.3. The van der Waals surface area contributed by atoms with Gasteiger partial charge in [-0.05, 0) is 41.7 Å². The maximum absolute atomic E-state index is 6.20. The lowest BCUT2D eigenvalue weighted by atomic mass is 10.0. The summed E-state index contributed by atoms with van der Waals surface area (Å²) in [6, 6.07) is 16.2. The van der Waals surface area contributed by atoms with Gasteiger partial charge in [0.25, 0.3) is 0 Å². The molecule has 0 spiro atoms. The van der Waals surface area contributed by atoms with Crippen LogP contribution in [0, 0.1) is 0 Å². The molecule has 0 N–H and O–H groups in total. The summed E-state index contributed by atoms with van der Waals surface area (Å²) in [5, 5.41) is 5.72. The third-order valence-corrected chi connectivity index (χ3v) is 6.06. The van der Waals surface area contributed by atoms with E-state index in [1.54, 1.807) is 6.07 Å². The van der Waals surface area contributed by atoms with E-state index in [9.17, 15) is 0 Å². The van der Waals surface area contributed by atoms with Gasteiger partial charge in [0.1, 0.15) is 6.61 Å². The fourth-order valence-electron chi connectivity index (χ4n) is 3.70. The van der Waals surface area contributed by atoms with Crippen molar-refractivity contribution in [2.45, 2.75) is 32.7 Å². The third kappa shape index (κ3) is 4.61. The molecule has 0 bridgehead atoms. The van der Waals surface area contributed by atoms with E-state index in [2.05, 4.69) is 48.1 Å². The molecule has 0 saturated heterocycles. The van der Waals surface area contributed by atoms with Crippen LogP contribution in [0.15, 0.2) is 48.5 Å². The standard InChI is InChI=1S/C23H25Cl2N3O/c1-16(2)22-14-23(26-28(22)19-7-8-20(24)21(25)13-19)29-12-11-27-10-9-17-5-3-4-6-18(17)15-27/h3-8,13-14,16H,9-12,15H2,1-2H3. The van der Waals surface area contributed by atoms with Crippen LogP contribution in [-0.2, 0) is 13.0 Å². The molecule has 1 aliphatic heterocycles. The molecule has 4 nitrogen and oxygen atoms in total. The van der Waals surface area contributed by atoms with Crippen molar-refractivity contribution in [1.82, 2.24) is 14.7 Å². The van der Waals surface area contributed by atoms with Crippen LogP contribution >= 0.6 is 23.2 Å². The lowest BCUT2D eigenvalue weighted by Crippen LogP contribution is -2.33. The minimum absolute atomic E-state index is 0.299. The van der Waals surface area contributed by atoms with Gasteiger partial charge in [-0.15, -0.1) is 5.10 Å². The number of benzene rings is 2. The van der Waals surface area contributed by atoms with E-state index in [1.165, 1.54) is 11.1 Å². The molecular weight excluding hydrogens is 405 g/mol. The molecule has 0 atom stereocenters. The summed E-state index contributed by atoms with van der Waals surface area (Å²) in [7, 11) is 0. The molecular formula is C23H25Cl2N3O. The predicted octanol–water partition coefficient (Wildman–Crippen LogP) is 5.74. The zero-order valence-corrected chi connectivity index (χ0v) is 18.2. The second-order valence-corrected chi connectivity index (χ2v) is 8.53. The van der Waals surface area contributed by atoms with Crippen molar-refractivity contribution in [2.24, 2.45) is 0 Å². The lowest BCUT2D eigenvalue weighted by Gasteiger charge is -2.28. The molecule has 6 heteroatoms. The average molecular weight is 430 g/mol. The number of fused-ring (bicyclic) bond motifs is 1. The number of ether oxygens (including phenoxy) is 1. The van der Waals surface area contributed by atoms with Crippen molar-refractivity contribution in [3.8, 4) is 11.6 Å². The van der Waals surface area contributed by atoms with Crippen molar-refractivity contribution < 1.29 is 4.74 Å². The Kier molecular flexibility index (Phi) is 6.14. The van der Waals surface area contributed by atoms with E-state index in [-0.39, 0.29) is 0 Å². The summed E-state index contributed by atoms with van der Waals surface area (Å²) < 4.78 is 7.90. The monoisotopic (exact) mass is 429 g/mol. The summed E-state index contributed by atoms with van der Waals surface area (Å²) in [6.07, 6.45) is 1.10. The zero-order chi connectivity index (χ0) is 20.4. The molecule has 0 unspecified atom stereocenters. The summed E-state index contributed by atoms with van der Waals surface area (Å²) in [6.45, 7) is 7.81. The van der Waals surface area contributed by atoms with Gasteiger partial charge in [-0.3, -0.25) is 4.90 Å². The van der Waals surface area contributed by atoms with Crippen LogP contribution in [0.5, 0.6) is 5.88 Å². The van der Waals surface area contributed by atoms with Crippen LogP contribution in [0.1, 0.15) is 36.6 Å². The highest BCUT2D eigenvalue weighted by atomic mass is 35.5. The van der Waals surface area contributed by atoms with E-state index < -0.39 is 0 Å². The zero-order valence-electron chi connectivity index (χ0n) is 16.7. The topological polar surface area (TPSA) is 30.3 Å². The first kappa shape index (κ1) is 20.3. The van der Waals surface area contributed by atoms with Crippen molar-refractivity contribution in [3.63, 3.8) is 0 Å². The number of aromatic nitrogens is 2. The van der Waals surface area contributed by atoms with Gasteiger partial charge in [-0.2, -0.15) is 0 Å². The Morgan fingerprint density at radius 3 is 2.59 bits per heavy atom. The summed E-state index contributed by atoms with van der Waals surface area (Å²) in [5.74, 6) is 0.935. The van der Waals surface area contributed by atoms with Crippen molar-refractivity contribution in [3.05, 3.63) is 75.4 Å². The van der Waals surface area contributed by atoms with Crippen LogP contribution in [0.3, 0.4) is 0 Å². The Morgan fingerprint density at radius 2 is 1.83 bits per heavy atom. The highest BCUT2D eigenvalue weighted by Crippen LogP contribution is 2.28. The lowest BCUT2D eigenvalue weighted by molar-refractivity contribution is 0.192. The Bertz CT molecular complexity index is 1000. The highest BCUT2D eigenvalue weighted by molar-refractivity contribution is 6.42. The number of rotatable bonds is 6. The molecule has 0 saturated carbocycles. The molecule has 152 valence electrons. The minimum Gasteiger partial charge on any atom is -0.475 e. The van der Waals surface area contributed by atoms with Crippen LogP contribution in [-0.4, -0.2) is 34.4 Å². The minimum atomic E-state index is 0.299. The van der Waals surface area contributed by atoms with Crippen LogP contribution in [0.4, 0.5) is 0 Å². The van der Waals surface area contributed by atoms with Gasteiger partial charge in [-0.25, -0.2) is 4.68 Å². The average Bonchev–Trinajstić information content (AvgIpc) is 3.14. The number of halogens is 2. The molecule has 29 heavy (non-hydrogen) atoms. The van der Waals surface area contributed by atoms with Crippen LogP contribution < -0.4 is 4.74 Å². The quantitative estimate of drug-likeness (QED) is 0.500. The van der Waals surface area contributed by atoms with Gasteiger partial charge in [-0.1, -0.05) is 61.3 Å². The molecule has 4 rings (SSSR count). The van der Waals surface area contributed by atoms with Gasteiger partial charge in [0.05, 0.1) is 21.4 Å². The van der Waals surface area contributed by atoms with Crippen LogP contribution in [0.25, 0.3) is 5.69 Å². The van der Waals surface area contributed by atoms with Gasteiger partial charge in [0.15, 0.2) is 0 Å². The van der Waals surface area contributed by atoms with Crippen molar-refractivity contribution >= 4 is 23.2 Å². The van der Waals surface area contributed by atoms with E-state index in [0.717, 1.165) is 37.4 Å². The highest BCUT2D eigenvalue weighted by Gasteiger charge is 2.17. The predicted molar refractivity (Wildman–Crippen MR) is 119 cm³/mol. The molecule has 2 heterocycles. The summed E-state index contributed by atoms with van der Waals surface area (Å²) in [4.78, 5) is 2.43. The number of hydrogen-bond acceptors (Lipinski definition) is 3. The second-order valence-electron chi connectivity index (χ2n) is 7.72. The first-order chi connectivity index (χ1) is 14.0. The van der Waals surface area contributed by atoms with Crippen molar-refractivity contribution in [2.75, 3.05) is 19.7 Å². The van der Waals surface area contributed by atoms with E-state index >= 15 is 0 Å². The van der Waals surface area contributed by atoms with Gasteiger partial charge < -0.3 is 4.74 Å².